The Bertz CT molecular complexity index is 679. The summed E-state index contributed by atoms with van der Waals surface area (Å²) in [5.41, 5.74) is 0. The molecule has 1 saturated heterocycles. The van der Waals surface area contributed by atoms with Gasteiger partial charge in [-0.05, 0) is 12.1 Å². The van der Waals surface area contributed by atoms with Gasteiger partial charge in [0.15, 0.2) is 17.5 Å². The molecule has 0 amide bonds. The molecule has 0 bridgehead atoms. The van der Waals surface area contributed by atoms with Crippen LogP contribution < -0.4 is 4.72 Å². The maximum Gasteiger partial charge on any atom is 0.310 e. The number of hydrogen-bond acceptors (Lipinski definition) is 4. The van der Waals surface area contributed by atoms with Crippen molar-refractivity contribution in [1.82, 2.24) is 4.72 Å². The van der Waals surface area contributed by atoms with Crippen LogP contribution >= 0.6 is 0 Å². The molecule has 0 spiro atoms. The fourth-order valence-electron chi connectivity index (χ4n) is 1.89. The van der Waals surface area contributed by atoms with Crippen LogP contribution in [0.4, 0.5) is 13.2 Å². The molecule has 2 N–H and O–H groups in total. The summed E-state index contributed by atoms with van der Waals surface area (Å²) in [7, 11) is -4.56. The van der Waals surface area contributed by atoms with E-state index in [1.165, 1.54) is 0 Å². The highest BCUT2D eigenvalue weighted by Gasteiger charge is 2.38. The van der Waals surface area contributed by atoms with Crippen LogP contribution in [0.15, 0.2) is 17.0 Å². The van der Waals surface area contributed by atoms with Crippen molar-refractivity contribution in [2.24, 2.45) is 5.92 Å². The molecule has 21 heavy (non-hydrogen) atoms. The first-order chi connectivity index (χ1) is 9.74. The lowest BCUT2D eigenvalue weighted by molar-refractivity contribution is -0.142. The van der Waals surface area contributed by atoms with Gasteiger partial charge in [-0.2, -0.15) is 0 Å². The molecule has 116 valence electrons. The molecule has 1 aromatic rings. The summed E-state index contributed by atoms with van der Waals surface area (Å²) in [5, 5.41) is 8.89. The van der Waals surface area contributed by atoms with E-state index in [2.05, 4.69) is 0 Å². The standard InChI is InChI=1S/C11H10F3NO5S/c12-6-1-2-8(10(14)9(6)13)21(18,19)15-7-4-20-3-5(7)11(16)17/h1-2,5,7,15H,3-4H2,(H,16,17)/t5-,7+/m1/s1. The van der Waals surface area contributed by atoms with E-state index in [1.807, 2.05) is 4.72 Å². The maximum absolute atomic E-state index is 13.5. The van der Waals surface area contributed by atoms with Crippen molar-refractivity contribution in [3.63, 3.8) is 0 Å². The predicted molar refractivity (Wildman–Crippen MR) is 62.4 cm³/mol. The molecule has 1 aromatic carbocycles. The molecule has 0 aliphatic carbocycles. The first kappa shape index (κ1) is 15.7. The Balaban J connectivity index is 2.31. The average molecular weight is 325 g/mol. The molecule has 0 saturated carbocycles. The molecule has 0 radical (unpaired) electrons. The number of carboxylic acid groups (broad SMARTS) is 1. The maximum atomic E-state index is 13.5. The minimum Gasteiger partial charge on any atom is -0.481 e. The van der Waals surface area contributed by atoms with Gasteiger partial charge in [-0.15, -0.1) is 0 Å². The van der Waals surface area contributed by atoms with Crippen molar-refractivity contribution in [3.05, 3.63) is 29.6 Å². The topological polar surface area (TPSA) is 92.7 Å². The predicted octanol–water partition coefficient (Wildman–Crippen LogP) is 0.482. The zero-order valence-corrected chi connectivity index (χ0v) is 11.2. The first-order valence-corrected chi connectivity index (χ1v) is 7.18. The third-order valence-electron chi connectivity index (χ3n) is 2.99. The molecular weight excluding hydrogens is 315 g/mol. The molecule has 0 aromatic heterocycles. The Kier molecular flexibility index (Phi) is 4.21. The van der Waals surface area contributed by atoms with E-state index in [1.54, 1.807) is 0 Å². The quantitative estimate of drug-likeness (QED) is 0.786. The van der Waals surface area contributed by atoms with Crippen LogP contribution in [0, 0.1) is 23.4 Å². The van der Waals surface area contributed by atoms with Gasteiger partial charge in [0.1, 0.15) is 4.90 Å². The number of aliphatic carboxylic acids is 1. The lowest BCUT2D eigenvalue weighted by Crippen LogP contribution is -2.42. The molecule has 6 nitrogen and oxygen atoms in total. The van der Waals surface area contributed by atoms with E-state index in [-0.39, 0.29) is 13.2 Å². The Labute approximate surface area is 117 Å². The lowest BCUT2D eigenvalue weighted by Gasteiger charge is -2.16. The second kappa shape index (κ2) is 5.62. The van der Waals surface area contributed by atoms with Crippen LogP contribution in [0.1, 0.15) is 0 Å². The number of halogens is 3. The molecule has 1 heterocycles. The van der Waals surface area contributed by atoms with Crippen LogP contribution in [0.3, 0.4) is 0 Å². The highest BCUT2D eigenvalue weighted by atomic mass is 32.2. The highest BCUT2D eigenvalue weighted by molar-refractivity contribution is 7.89. The molecule has 1 fully saturated rings. The zero-order valence-electron chi connectivity index (χ0n) is 10.3. The number of sulfonamides is 1. The molecule has 2 rings (SSSR count). The van der Waals surface area contributed by atoms with E-state index >= 15 is 0 Å². The van der Waals surface area contributed by atoms with E-state index in [4.69, 9.17) is 9.84 Å². The van der Waals surface area contributed by atoms with Gasteiger partial charge in [0.05, 0.1) is 25.2 Å². The summed E-state index contributed by atoms with van der Waals surface area (Å²) in [4.78, 5) is 9.80. The third-order valence-corrected chi connectivity index (χ3v) is 4.50. The second-order valence-corrected chi connectivity index (χ2v) is 6.07. The molecule has 10 heteroatoms. The first-order valence-electron chi connectivity index (χ1n) is 5.70. The van der Waals surface area contributed by atoms with E-state index < -0.39 is 50.3 Å². The van der Waals surface area contributed by atoms with E-state index in [0.717, 1.165) is 0 Å². The van der Waals surface area contributed by atoms with Crippen molar-refractivity contribution >= 4 is 16.0 Å². The summed E-state index contributed by atoms with van der Waals surface area (Å²) in [5.74, 6) is -7.75. The largest absolute Gasteiger partial charge is 0.481 e. The van der Waals surface area contributed by atoms with Crippen LogP contribution in [-0.4, -0.2) is 38.7 Å². The summed E-state index contributed by atoms with van der Waals surface area (Å²) in [6.45, 7) is -0.426. The van der Waals surface area contributed by atoms with Gasteiger partial charge in [0.2, 0.25) is 10.0 Å². The van der Waals surface area contributed by atoms with Crippen molar-refractivity contribution < 1.29 is 36.2 Å². The monoisotopic (exact) mass is 325 g/mol. The number of nitrogens with one attached hydrogen (secondary N) is 1. The summed E-state index contributed by atoms with van der Waals surface area (Å²) in [6, 6.07) is -0.103. The Morgan fingerprint density at radius 3 is 2.52 bits per heavy atom. The SMILES string of the molecule is O=C(O)[C@@H]1COC[C@@H]1NS(=O)(=O)c1ccc(F)c(F)c1F. The molecule has 1 aliphatic rings. The summed E-state index contributed by atoms with van der Waals surface area (Å²) < 4.78 is 70.1. The van der Waals surface area contributed by atoms with Gasteiger partial charge in [0.25, 0.3) is 0 Å². The minimum atomic E-state index is -4.56. The van der Waals surface area contributed by atoms with Crippen molar-refractivity contribution in [2.45, 2.75) is 10.9 Å². The fraction of sp³-hybridized carbons (Fsp3) is 0.364. The average Bonchev–Trinajstić information content (AvgIpc) is 2.83. The van der Waals surface area contributed by atoms with Gasteiger partial charge in [0, 0.05) is 0 Å². The Morgan fingerprint density at radius 1 is 1.24 bits per heavy atom. The van der Waals surface area contributed by atoms with Crippen LogP contribution in [0.5, 0.6) is 0 Å². The Hall–Kier alpha value is -1.65. The Morgan fingerprint density at radius 2 is 1.90 bits per heavy atom. The van der Waals surface area contributed by atoms with Gasteiger partial charge >= 0.3 is 5.97 Å². The lowest BCUT2D eigenvalue weighted by atomic mass is 10.1. The molecule has 1 aliphatic heterocycles. The number of carboxylic acids is 1. The van der Waals surface area contributed by atoms with Gasteiger partial charge in [-0.3, -0.25) is 4.79 Å². The number of ether oxygens (including phenoxy) is 1. The molecule has 2 atom stereocenters. The van der Waals surface area contributed by atoms with E-state index in [9.17, 15) is 26.4 Å². The van der Waals surface area contributed by atoms with Gasteiger partial charge < -0.3 is 9.84 Å². The van der Waals surface area contributed by atoms with Crippen LogP contribution in [0.2, 0.25) is 0 Å². The summed E-state index contributed by atoms with van der Waals surface area (Å²) >= 11 is 0. The van der Waals surface area contributed by atoms with E-state index in [0.29, 0.717) is 12.1 Å². The number of carbonyl (C=O) groups is 1. The van der Waals surface area contributed by atoms with Crippen LogP contribution in [0.25, 0.3) is 0 Å². The number of benzene rings is 1. The van der Waals surface area contributed by atoms with Crippen molar-refractivity contribution in [2.75, 3.05) is 13.2 Å². The second-order valence-electron chi connectivity index (χ2n) is 4.38. The number of rotatable bonds is 4. The minimum absolute atomic E-state index is 0.206. The normalized spacial score (nSPS) is 22.4. The summed E-state index contributed by atoms with van der Waals surface area (Å²) in [6.07, 6.45) is 0. The highest BCUT2D eigenvalue weighted by Crippen LogP contribution is 2.22. The van der Waals surface area contributed by atoms with Crippen LogP contribution in [-0.2, 0) is 19.6 Å². The van der Waals surface area contributed by atoms with Crippen molar-refractivity contribution in [1.29, 1.82) is 0 Å². The number of hydrogen-bond donors (Lipinski definition) is 2. The van der Waals surface area contributed by atoms with Gasteiger partial charge in [-0.1, -0.05) is 0 Å². The fourth-order valence-corrected chi connectivity index (χ4v) is 3.22. The van der Waals surface area contributed by atoms with Gasteiger partial charge in [-0.25, -0.2) is 26.3 Å². The smallest absolute Gasteiger partial charge is 0.310 e. The molecule has 0 unspecified atom stereocenters. The third kappa shape index (κ3) is 3.01. The zero-order chi connectivity index (χ0) is 15.8. The van der Waals surface area contributed by atoms with Crippen molar-refractivity contribution in [3.8, 4) is 0 Å². The molecular formula is C11H10F3NO5S.